The van der Waals surface area contributed by atoms with Crippen molar-refractivity contribution in [3.8, 4) is 0 Å². The lowest BCUT2D eigenvalue weighted by atomic mass is 10.0. The van der Waals surface area contributed by atoms with Gasteiger partial charge in [0.2, 0.25) is 0 Å². The minimum absolute atomic E-state index is 0.207. The van der Waals surface area contributed by atoms with Crippen LogP contribution in [0, 0.1) is 18.6 Å². The largest absolute Gasteiger partial charge is 0.207 e. The Kier molecular flexibility index (Phi) is 4.34. The molecule has 0 fully saturated rings. The summed E-state index contributed by atoms with van der Waals surface area (Å²) in [6, 6.07) is 6.70. The standard InChI is InChI=1S/C14H9Cl3F2/c1-7-4-10(12(16)6-13(7)19)14(17)9-3-2-8(18)5-11(9)15/h2-6,14H,1H3. The van der Waals surface area contributed by atoms with E-state index in [9.17, 15) is 8.78 Å². The maximum absolute atomic E-state index is 13.4. The highest BCUT2D eigenvalue weighted by Gasteiger charge is 2.19. The number of benzene rings is 2. The number of rotatable bonds is 2. The van der Waals surface area contributed by atoms with Crippen LogP contribution in [0.3, 0.4) is 0 Å². The van der Waals surface area contributed by atoms with Crippen molar-refractivity contribution in [3.05, 3.63) is 68.7 Å². The van der Waals surface area contributed by atoms with Crippen LogP contribution in [0.5, 0.6) is 0 Å². The molecule has 0 amide bonds. The van der Waals surface area contributed by atoms with Crippen LogP contribution in [0.2, 0.25) is 10.0 Å². The molecule has 2 rings (SSSR count). The molecular formula is C14H9Cl3F2. The maximum atomic E-state index is 13.4. The van der Waals surface area contributed by atoms with Gasteiger partial charge in [0, 0.05) is 10.0 Å². The molecule has 0 aliphatic rings. The van der Waals surface area contributed by atoms with Crippen LogP contribution in [0.15, 0.2) is 30.3 Å². The highest BCUT2D eigenvalue weighted by atomic mass is 35.5. The Morgan fingerprint density at radius 3 is 2.21 bits per heavy atom. The van der Waals surface area contributed by atoms with Crippen LogP contribution >= 0.6 is 34.8 Å². The average Bonchev–Trinajstić information content (AvgIpc) is 2.33. The zero-order chi connectivity index (χ0) is 14.2. The van der Waals surface area contributed by atoms with Gasteiger partial charge in [0.25, 0.3) is 0 Å². The Bertz CT molecular complexity index is 626. The zero-order valence-corrected chi connectivity index (χ0v) is 12.1. The number of alkyl halides is 1. The third-order valence-electron chi connectivity index (χ3n) is 2.79. The lowest BCUT2D eigenvalue weighted by Gasteiger charge is -2.15. The molecular weight excluding hydrogens is 313 g/mol. The van der Waals surface area contributed by atoms with Gasteiger partial charge in [-0.1, -0.05) is 29.3 Å². The number of aryl methyl sites for hydroxylation is 1. The summed E-state index contributed by atoms with van der Waals surface area (Å²) in [5, 5.41) is -0.249. The first kappa shape index (κ1) is 14.6. The van der Waals surface area contributed by atoms with Gasteiger partial charge in [-0.25, -0.2) is 8.78 Å². The molecule has 1 unspecified atom stereocenters. The highest BCUT2D eigenvalue weighted by molar-refractivity contribution is 6.35. The molecule has 0 heterocycles. The van der Waals surface area contributed by atoms with Crippen molar-refractivity contribution < 1.29 is 8.78 Å². The van der Waals surface area contributed by atoms with Crippen molar-refractivity contribution in [2.75, 3.05) is 0 Å². The van der Waals surface area contributed by atoms with Crippen LogP contribution in [0.1, 0.15) is 22.1 Å². The molecule has 0 bridgehead atoms. The second-order valence-corrected chi connectivity index (χ2v) is 5.40. The molecule has 0 aliphatic heterocycles. The Hall–Kier alpha value is -0.830. The summed E-state index contributed by atoms with van der Waals surface area (Å²) in [7, 11) is 0. The first-order chi connectivity index (χ1) is 8.90. The van der Waals surface area contributed by atoms with E-state index in [0.717, 1.165) is 0 Å². The molecule has 2 aromatic rings. The smallest absolute Gasteiger partial charge is 0.127 e. The summed E-state index contributed by atoms with van der Waals surface area (Å²) < 4.78 is 26.4. The highest BCUT2D eigenvalue weighted by Crippen LogP contribution is 2.38. The molecule has 0 radical (unpaired) electrons. The van der Waals surface area contributed by atoms with Gasteiger partial charge in [-0.15, -0.1) is 11.6 Å². The predicted octanol–water partition coefficient (Wildman–Crippen LogP) is 5.91. The lowest BCUT2D eigenvalue weighted by molar-refractivity contribution is 0.617. The summed E-state index contributed by atoms with van der Waals surface area (Å²) >= 11 is 18.2. The molecule has 100 valence electrons. The zero-order valence-electron chi connectivity index (χ0n) is 9.85. The molecule has 0 aromatic heterocycles. The number of halogens is 5. The van der Waals surface area contributed by atoms with Crippen LogP contribution < -0.4 is 0 Å². The van der Waals surface area contributed by atoms with Crippen molar-refractivity contribution in [1.82, 2.24) is 0 Å². The van der Waals surface area contributed by atoms with Gasteiger partial charge in [-0.2, -0.15) is 0 Å². The van der Waals surface area contributed by atoms with E-state index < -0.39 is 17.0 Å². The van der Waals surface area contributed by atoms with Crippen LogP contribution in [-0.2, 0) is 0 Å². The topological polar surface area (TPSA) is 0 Å². The first-order valence-electron chi connectivity index (χ1n) is 5.44. The van der Waals surface area contributed by atoms with E-state index in [1.54, 1.807) is 13.0 Å². The SMILES string of the molecule is Cc1cc(C(Cl)c2ccc(F)cc2Cl)c(Cl)cc1F. The van der Waals surface area contributed by atoms with Crippen LogP contribution in [0.25, 0.3) is 0 Å². The van der Waals surface area contributed by atoms with E-state index in [2.05, 4.69) is 0 Å². The van der Waals surface area contributed by atoms with Crippen molar-refractivity contribution in [1.29, 1.82) is 0 Å². The minimum Gasteiger partial charge on any atom is -0.207 e. The van der Waals surface area contributed by atoms with E-state index in [1.165, 1.54) is 24.3 Å². The minimum atomic E-state index is -0.667. The number of hydrogen-bond donors (Lipinski definition) is 0. The second-order valence-electron chi connectivity index (χ2n) is 4.15. The molecule has 5 heteroatoms. The Morgan fingerprint density at radius 1 is 0.947 bits per heavy atom. The van der Waals surface area contributed by atoms with E-state index >= 15 is 0 Å². The molecule has 0 spiro atoms. The normalized spacial score (nSPS) is 12.5. The monoisotopic (exact) mass is 320 g/mol. The predicted molar refractivity (Wildman–Crippen MR) is 75.3 cm³/mol. The third kappa shape index (κ3) is 3.02. The maximum Gasteiger partial charge on any atom is 0.127 e. The summed E-state index contributed by atoms with van der Waals surface area (Å²) in [6.45, 7) is 1.62. The molecule has 0 saturated heterocycles. The van der Waals surface area contributed by atoms with Gasteiger partial charge in [-0.05, 0) is 47.9 Å². The van der Waals surface area contributed by atoms with Crippen molar-refractivity contribution in [2.45, 2.75) is 12.3 Å². The summed E-state index contributed by atoms with van der Waals surface area (Å²) in [4.78, 5) is 0. The van der Waals surface area contributed by atoms with E-state index in [-0.39, 0.29) is 10.0 Å². The fourth-order valence-corrected chi connectivity index (χ4v) is 2.77. The first-order valence-corrected chi connectivity index (χ1v) is 6.64. The van der Waals surface area contributed by atoms with E-state index in [4.69, 9.17) is 34.8 Å². The van der Waals surface area contributed by atoms with Crippen molar-refractivity contribution in [2.24, 2.45) is 0 Å². The molecule has 19 heavy (non-hydrogen) atoms. The van der Waals surface area contributed by atoms with E-state index in [1.807, 2.05) is 0 Å². The van der Waals surface area contributed by atoms with Gasteiger partial charge in [0.15, 0.2) is 0 Å². The molecule has 2 aromatic carbocycles. The molecule has 0 nitrogen and oxygen atoms in total. The van der Waals surface area contributed by atoms with Crippen molar-refractivity contribution in [3.63, 3.8) is 0 Å². The Balaban J connectivity index is 2.49. The molecule has 0 aliphatic carbocycles. The fraction of sp³-hybridized carbons (Fsp3) is 0.143. The second kappa shape index (κ2) is 5.66. The van der Waals surface area contributed by atoms with Crippen molar-refractivity contribution >= 4 is 34.8 Å². The van der Waals surface area contributed by atoms with Gasteiger partial charge in [0.1, 0.15) is 11.6 Å². The van der Waals surface area contributed by atoms with E-state index in [0.29, 0.717) is 16.7 Å². The molecule has 0 N–H and O–H groups in total. The summed E-state index contributed by atoms with van der Waals surface area (Å²) in [6.07, 6.45) is 0. The molecule has 0 saturated carbocycles. The third-order valence-corrected chi connectivity index (χ3v) is 3.91. The lowest BCUT2D eigenvalue weighted by Crippen LogP contribution is -1.98. The van der Waals surface area contributed by atoms with Gasteiger partial charge < -0.3 is 0 Å². The van der Waals surface area contributed by atoms with Gasteiger partial charge >= 0.3 is 0 Å². The quantitative estimate of drug-likeness (QED) is 0.603. The summed E-state index contributed by atoms with van der Waals surface area (Å²) in [5.41, 5.74) is 1.50. The fourth-order valence-electron chi connectivity index (χ4n) is 1.75. The summed E-state index contributed by atoms with van der Waals surface area (Å²) in [5.74, 6) is -0.846. The molecule has 1 atom stereocenters. The van der Waals surface area contributed by atoms with Gasteiger partial charge in [-0.3, -0.25) is 0 Å². The Labute approximate surface area is 124 Å². The Morgan fingerprint density at radius 2 is 1.58 bits per heavy atom. The van der Waals surface area contributed by atoms with Gasteiger partial charge in [0.05, 0.1) is 5.38 Å². The van der Waals surface area contributed by atoms with Crippen LogP contribution in [0.4, 0.5) is 8.78 Å². The number of hydrogen-bond acceptors (Lipinski definition) is 0. The van der Waals surface area contributed by atoms with Crippen LogP contribution in [-0.4, -0.2) is 0 Å². The average molecular weight is 322 g/mol.